The smallest absolute Gasteiger partial charge is 0.227 e. The summed E-state index contributed by atoms with van der Waals surface area (Å²) in [6, 6.07) is 4.96. The molecule has 18 heavy (non-hydrogen) atoms. The lowest BCUT2D eigenvalue weighted by Gasteiger charge is -2.10. The molecule has 1 aromatic carbocycles. The number of nitrogens with zero attached hydrogens (tertiary/aromatic N) is 2. The molecule has 0 radical (unpaired) electrons. The molecule has 0 amide bonds. The fourth-order valence-corrected chi connectivity index (χ4v) is 1.98. The third kappa shape index (κ3) is 2.86. The monoisotopic (exact) mass is 302 g/mol. The highest BCUT2D eigenvalue weighted by Crippen LogP contribution is 2.33. The van der Waals surface area contributed by atoms with Crippen LogP contribution in [0.15, 0.2) is 18.2 Å². The van der Waals surface area contributed by atoms with Crippen LogP contribution in [-0.4, -0.2) is 9.97 Å². The molecule has 0 N–H and O–H groups in total. The first-order chi connectivity index (χ1) is 8.47. The van der Waals surface area contributed by atoms with E-state index >= 15 is 0 Å². The molecule has 0 aliphatic heterocycles. The van der Waals surface area contributed by atoms with Gasteiger partial charge in [-0.15, -0.1) is 0 Å². The first-order valence-electron chi connectivity index (χ1n) is 5.11. The minimum Gasteiger partial charge on any atom is -0.437 e. The maximum Gasteiger partial charge on any atom is 0.227 e. The SMILES string of the molecule is Cc1nc(Cl)c(C)c(Oc2ccc(Cl)cc2Cl)n1. The molecular formula is C12H9Cl3N2O. The maximum absolute atomic E-state index is 6.03. The van der Waals surface area contributed by atoms with E-state index in [-0.39, 0.29) is 0 Å². The quantitative estimate of drug-likeness (QED) is 0.744. The molecule has 94 valence electrons. The summed E-state index contributed by atoms with van der Waals surface area (Å²) < 4.78 is 5.63. The largest absolute Gasteiger partial charge is 0.437 e. The number of halogens is 3. The van der Waals surface area contributed by atoms with Crippen molar-refractivity contribution < 1.29 is 4.74 Å². The van der Waals surface area contributed by atoms with E-state index in [0.29, 0.717) is 38.2 Å². The molecule has 0 saturated carbocycles. The van der Waals surface area contributed by atoms with Crippen LogP contribution < -0.4 is 4.74 Å². The van der Waals surface area contributed by atoms with E-state index in [2.05, 4.69) is 9.97 Å². The molecule has 0 fully saturated rings. The lowest BCUT2D eigenvalue weighted by molar-refractivity contribution is 0.456. The van der Waals surface area contributed by atoms with Gasteiger partial charge in [0, 0.05) is 10.6 Å². The van der Waals surface area contributed by atoms with E-state index in [4.69, 9.17) is 39.5 Å². The minimum atomic E-state index is 0.364. The maximum atomic E-state index is 6.03. The second-order valence-corrected chi connectivity index (χ2v) is 4.87. The van der Waals surface area contributed by atoms with Crippen molar-refractivity contribution in [1.29, 1.82) is 0 Å². The van der Waals surface area contributed by atoms with Crippen LogP contribution in [0.25, 0.3) is 0 Å². The van der Waals surface area contributed by atoms with E-state index in [0.717, 1.165) is 0 Å². The average molecular weight is 304 g/mol. The number of aromatic nitrogens is 2. The second-order valence-electron chi connectivity index (χ2n) is 3.67. The Labute approximate surface area is 120 Å². The summed E-state index contributed by atoms with van der Waals surface area (Å²) in [6.07, 6.45) is 0. The van der Waals surface area contributed by atoms with E-state index in [1.54, 1.807) is 32.0 Å². The molecular weight excluding hydrogens is 295 g/mol. The summed E-state index contributed by atoms with van der Waals surface area (Å²) in [5, 5.41) is 1.32. The molecule has 0 aliphatic carbocycles. The Morgan fingerprint density at radius 3 is 2.44 bits per heavy atom. The van der Waals surface area contributed by atoms with Gasteiger partial charge < -0.3 is 4.74 Å². The van der Waals surface area contributed by atoms with Crippen molar-refractivity contribution in [2.24, 2.45) is 0 Å². The molecule has 0 aliphatic rings. The molecule has 2 rings (SSSR count). The lowest BCUT2D eigenvalue weighted by atomic mass is 10.3. The Hall–Kier alpha value is -1.03. The Morgan fingerprint density at radius 1 is 1.06 bits per heavy atom. The third-order valence-electron chi connectivity index (χ3n) is 2.25. The molecule has 3 nitrogen and oxygen atoms in total. The van der Waals surface area contributed by atoms with E-state index < -0.39 is 0 Å². The van der Waals surface area contributed by atoms with Gasteiger partial charge in [0.05, 0.1) is 5.02 Å². The van der Waals surface area contributed by atoms with E-state index in [1.807, 2.05) is 0 Å². The Kier molecular flexibility index (Phi) is 3.95. The molecule has 1 aromatic heterocycles. The Balaban J connectivity index is 2.40. The van der Waals surface area contributed by atoms with Crippen molar-refractivity contribution in [1.82, 2.24) is 9.97 Å². The second kappa shape index (κ2) is 5.31. The summed E-state index contributed by atoms with van der Waals surface area (Å²) in [4.78, 5) is 8.22. The van der Waals surface area contributed by atoms with Crippen LogP contribution in [0, 0.1) is 13.8 Å². The summed E-state index contributed by atoms with van der Waals surface area (Å²) >= 11 is 17.8. The van der Waals surface area contributed by atoms with Crippen LogP contribution >= 0.6 is 34.8 Å². The van der Waals surface area contributed by atoms with E-state index in [1.165, 1.54) is 0 Å². The zero-order chi connectivity index (χ0) is 13.3. The highest BCUT2D eigenvalue weighted by atomic mass is 35.5. The third-order valence-corrected chi connectivity index (χ3v) is 3.15. The Bertz CT molecular complexity index is 602. The molecule has 0 bridgehead atoms. The number of rotatable bonds is 2. The van der Waals surface area contributed by atoms with Gasteiger partial charge in [0.2, 0.25) is 5.88 Å². The predicted molar refractivity (Wildman–Crippen MR) is 73.1 cm³/mol. The predicted octanol–water partition coefficient (Wildman–Crippen LogP) is 4.85. The van der Waals surface area contributed by atoms with Gasteiger partial charge in [-0.05, 0) is 32.0 Å². The molecule has 0 unspecified atom stereocenters. The fourth-order valence-electron chi connectivity index (χ4n) is 1.33. The fraction of sp³-hybridized carbons (Fsp3) is 0.167. The van der Waals surface area contributed by atoms with Gasteiger partial charge in [-0.1, -0.05) is 34.8 Å². The van der Waals surface area contributed by atoms with Crippen LogP contribution in [0.3, 0.4) is 0 Å². The van der Waals surface area contributed by atoms with Crippen LogP contribution in [0.2, 0.25) is 15.2 Å². The number of hydrogen-bond donors (Lipinski definition) is 0. The number of hydrogen-bond acceptors (Lipinski definition) is 3. The number of aryl methyl sites for hydroxylation is 1. The summed E-state index contributed by atoms with van der Waals surface area (Å²) in [5.41, 5.74) is 0.660. The normalized spacial score (nSPS) is 10.5. The van der Waals surface area contributed by atoms with Crippen molar-refractivity contribution in [3.63, 3.8) is 0 Å². The van der Waals surface area contributed by atoms with Crippen LogP contribution in [0.1, 0.15) is 11.4 Å². The standard InChI is InChI=1S/C12H9Cl3N2O/c1-6-11(15)16-7(2)17-12(6)18-10-4-3-8(13)5-9(10)14/h3-5H,1-2H3. The number of ether oxygens (including phenoxy) is 1. The lowest BCUT2D eigenvalue weighted by Crippen LogP contribution is -1.97. The number of benzene rings is 1. The topological polar surface area (TPSA) is 35.0 Å². The first kappa shape index (κ1) is 13.4. The average Bonchev–Trinajstić information content (AvgIpc) is 2.29. The van der Waals surface area contributed by atoms with Crippen LogP contribution in [0.5, 0.6) is 11.6 Å². The zero-order valence-corrected chi connectivity index (χ0v) is 11.9. The highest BCUT2D eigenvalue weighted by Gasteiger charge is 2.11. The molecule has 6 heteroatoms. The molecule has 1 heterocycles. The zero-order valence-electron chi connectivity index (χ0n) is 9.67. The first-order valence-corrected chi connectivity index (χ1v) is 6.24. The highest BCUT2D eigenvalue weighted by molar-refractivity contribution is 6.35. The van der Waals surface area contributed by atoms with Crippen molar-refractivity contribution in [2.75, 3.05) is 0 Å². The van der Waals surface area contributed by atoms with Crippen molar-refractivity contribution >= 4 is 34.8 Å². The van der Waals surface area contributed by atoms with E-state index in [9.17, 15) is 0 Å². The van der Waals surface area contributed by atoms with Crippen molar-refractivity contribution in [3.8, 4) is 11.6 Å². The van der Waals surface area contributed by atoms with Crippen LogP contribution in [0.4, 0.5) is 0 Å². The van der Waals surface area contributed by atoms with Gasteiger partial charge in [0.15, 0.2) is 0 Å². The Morgan fingerprint density at radius 2 is 1.78 bits per heavy atom. The van der Waals surface area contributed by atoms with Gasteiger partial charge in [-0.2, -0.15) is 4.98 Å². The van der Waals surface area contributed by atoms with Gasteiger partial charge in [-0.25, -0.2) is 4.98 Å². The van der Waals surface area contributed by atoms with Gasteiger partial charge in [-0.3, -0.25) is 0 Å². The van der Waals surface area contributed by atoms with Gasteiger partial charge in [0.1, 0.15) is 16.7 Å². The molecule has 2 aromatic rings. The summed E-state index contributed by atoms with van der Waals surface area (Å²) in [7, 11) is 0. The van der Waals surface area contributed by atoms with Gasteiger partial charge in [0.25, 0.3) is 0 Å². The minimum absolute atomic E-state index is 0.364. The molecule has 0 saturated heterocycles. The van der Waals surface area contributed by atoms with Crippen molar-refractivity contribution in [2.45, 2.75) is 13.8 Å². The molecule has 0 atom stereocenters. The molecule has 0 spiro atoms. The summed E-state index contributed by atoms with van der Waals surface area (Å²) in [6.45, 7) is 3.52. The van der Waals surface area contributed by atoms with Gasteiger partial charge >= 0.3 is 0 Å². The van der Waals surface area contributed by atoms with Crippen LogP contribution in [-0.2, 0) is 0 Å². The van der Waals surface area contributed by atoms with Crippen molar-refractivity contribution in [3.05, 3.63) is 44.8 Å². The summed E-state index contributed by atoms with van der Waals surface area (Å²) in [5.74, 6) is 1.39.